The maximum Gasteiger partial charge on any atom is 0.303 e. The summed E-state index contributed by atoms with van der Waals surface area (Å²) in [4.78, 5) is 35.5. The molecule has 4 aliphatic carbocycles. The molecule has 3 saturated carbocycles. The van der Waals surface area contributed by atoms with E-state index in [0.717, 1.165) is 32.1 Å². The van der Waals surface area contributed by atoms with Crippen molar-refractivity contribution in [2.24, 2.45) is 28.6 Å². The van der Waals surface area contributed by atoms with E-state index in [1.54, 1.807) is 6.92 Å². The summed E-state index contributed by atoms with van der Waals surface area (Å²) >= 11 is 1.42. The van der Waals surface area contributed by atoms with Gasteiger partial charge in [0.05, 0.1) is 5.60 Å². The van der Waals surface area contributed by atoms with Crippen LogP contribution in [0.4, 0.5) is 0 Å². The lowest BCUT2D eigenvalue weighted by molar-refractivity contribution is -0.146. The first-order valence-corrected chi connectivity index (χ1v) is 12.2. The third-order valence-corrected chi connectivity index (χ3v) is 10.5. The van der Waals surface area contributed by atoms with Gasteiger partial charge < -0.3 is 10.2 Å². The first kappa shape index (κ1) is 22.1. The number of carboxylic acid groups (broad SMARTS) is 1. The smallest absolute Gasteiger partial charge is 0.303 e. The van der Waals surface area contributed by atoms with Crippen LogP contribution in [0.5, 0.6) is 0 Å². The Kier molecular flexibility index (Phi) is 5.50. The van der Waals surface area contributed by atoms with Crippen molar-refractivity contribution in [1.29, 1.82) is 0 Å². The van der Waals surface area contributed by atoms with Crippen molar-refractivity contribution < 1.29 is 24.6 Å². The predicted octanol–water partition coefficient (Wildman–Crippen LogP) is 4.37. The first-order chi connectivity index (χ1) is 14.0. The Balaban J connectivity index is 1.71. The molecule has 30 heavy (non-hydrogen) atoms. The maximum atomic E-state index is 12.2. The highest BCUT2D eigenvalue weighted by atomic mass is 32.2. The molecule has 0 amide bonds. The van der Waals surface area contributed by atoms with Crippen molar-refractivity contribution in [3.63, 3.8) is 0 Å². The zero-order valence-electron chi connectivity index (χ0n) is 18.3. The second kappa shape index (κ2) is 7.47. The van der Waals surface area contributed by atoms with Crippen LogP contribution in [0.2, 0.25) is 0 Å². The molecule has 0 saturated heterocycles. The Morgan fingerprint density at radius 1 is 1.17 bits per heavy atom. The van der Waals surface area contributed by atoms with Gasteiger partial charge in [-0.05, 0) is 79.6 Å². The van der Waals surface area contributed by atoms with E-state index in [9.17, 15) is 24.6 Å². The average Bonchev–Trinajstić information content (AvgIpc) is 2.93. The average molecular weight is 435 g/mol. The van der Waals surface area contributed by atoms with Crippen LogP contribution in [0.1, 0.15) is 78.6 Å². The molecule has 166 valence electrons. The lowest BCUT2D eigenvalue weighted by atomic mass is 9.46. The molecule has 7 unspecified atom stereocenters. The summed E-state index contributed by atoms with van der Waals surface area (Å²) < 4.78 is 0. The van der Waals surface area contributed by atoms with Gasteiger partial charge in [-0.2, -0.15) is 0 Å². The van der Waals surface area contributed by atoms with Crippen LogP contribution < -0.4 is 0 Å². The summed E-state index contributed by atoms with van der Waals surface area (Å²) in [6, 6.07) is 0. The van der Waals surface area contributed by atoms with Gasteiger partial charge in [0.1, 0.15) is 0 Å². The molecule has 0 bridgehead atoms. The van der Waals surface area contributed by atoms with Crippen molar-refractivity contribution in [2.45, 2.75) is 89.4 Å². The van der Waals surface area contributed by atoms with Crippen molar-refractivity contribution in [3.8, 4) is 0 Å². The first-order valence-electron chi connectivity index (χ1n) is 11.4. The number of carbonyl (C=O) groups is 3. The van der Waals surface area contributed by atoms with E-state index in [-0.39, 0.29) is 39.3 Å². The zero-order chi connectivity index (χ0) is 21.9. The Morgan fingerprint density at radius 2 is 1.87 bits per heavy atom. The summed E-state index contributed by atoms with van der Waals surface area (Å²) in [5.74, 6) is 0.343. The summed E-state index contributed by atoms with van der Waals surface area (Å²) in [5, 5.41) is 21.0. The van der Waals surface area contributed by atoms with E-state index in [0.29, 0.717) is 31.1 Å². The van der Waals surface area contributed by atoms with E-state index < -0.39 is 11.6 Å². The molecule has 0 aromatic carbocycles. The second-order valence-electron chi connectivity index (χ2n) is 10.6. The van der Waals surface area contributed by atoms with Gasteiger partial charge in [-0.3, -0.25) is 14.4 Å². The van der Waals surface area contributed by atoms with Gasteiger partial charge in [-0.25, -0.2) is 0 Å². The van der Waals surface area contributed by atoms with Gasteiger partial charge in [-0.15, -0.1) is 0 Å². The third kappa shape index (κ3) is 3.29. The SMILES string of the molecule is CC(=O)SC1CC2=CC(=O)CCC2(C)C2CCC3(C)C(CCC3(O)CCC(=O)O)C12. The fraction of sp³-hybridized carbons (Fsp3) is 0.792. The number of rotatable bonds is 4. The van der Waals surface area contributed by atoms with Crippen LogP contribution in [0.3, 0.4) is 0 Å². The van der Waals surface area contributed by atoms with E-state index in [4.69, 9.17) is 0 Å². The highest BCUT2D eigenvalue weighted by Crippen LogP contribution is 2.69. The second-order valence-corrected chi connectivity index (χ2v) is 12.0. The van der Waals surface area contributed by atoms with Crippen LogP contribution in [-0.2, 0) is 14.4 Å². The number of hydrogen-bond acceptors (Lipinski definition) is 5. The molecule has 0 heterocycles. The van der Waals surface area contributed by atoms with Gasteiger partial charge in [0.25, 0.3) is 0 Å². The minimum Gasteiger partial charge on any atom is -0.481 e. The van der Waals surface area contributed by atoms with E-state index in [1.165, 1.54) is 17.3 Å². The van der Waals surface area contributed by atoms with Gasteiger partial charge in [0, 0.05) is 25.0 Å². The summed E-state index contributed by atoms with van der Waals surface area (Å²) in [6.45, 7) is 6.09. The van der Waals surface area contributed by atoms with E-state index in [2.05, 4.69) is 13.8 Å². The van der Waals surface area contributed by atoms with Crippen LogP contribution >= 0.6 is 11.8 Å². The largest absolute Gasteiger partial charge is 0.481 e. The molecule has 0 radical (unpaired) electrons. The molecule has 0 spiro atoms. The minimum atomic E-state index is -0.952. The van der Waals surface area contributed by atoms with Gasteiger partial charge in [0.2, 0.25) is 0 Å². The number of thioether (sulfide) groups is 1. The lowest BCUT2D eigenvalue weighted by Gasteiger charge is -2.61. The van der Waals surface area contributed by atoms with Crippen molar-refractivity contribution in [3.05, 3.63) is 11.6 Å². The van der Waals surface area contributed by atoms with E-state index in [1.807, 2.05) is 6.08 Å². The summed E-state index contributed by atoms with van der Waals surface area (Å²) in [7, 11) is 0. The number of carboxylic acids is 1. The number of hydrogen-bond donors (Lipinski definition) is 2. The van der Waals surface area contributed by atoms with Crippen LogP contribution in [0.25, 0.3) is 0 Å². The molecule has 6 heteroatoms. The van der Waals surface area contributed by atoms with Gasteiger partial charge >= 0.3 is 5.97 Å². The molecule has 3 fully saturated rings. The Morgan fingerprint density at radius 3 is 2.53 bits per heavy atom. The predicted molar refractivity (Wildman–Crippen MR) is 116 cm³/mol. The Hall–Kier alpha value is -1.14. The van der Waals surface area contributed by atoms with Crippen molar-refractivity contribution >= 4 is 28.6 Å². The molecule has 0 aromatic heterocycles. The lowest BCUT2D eigenvalue weighted by Crippen LogP contribution is -2.58. The standard InChI is InChI=1S/C24H34O5S/c1-14(25)30-19-13-15-12-16(26)4-8-22(15,2)17-5-9-23(3)18(21(17)19)6-10-24(23,29)11-7-20(27)28/h12,17-19,21,29H,4-11,13H2,1-3H3,(H,27,28). The number of aliphatic hydroxyl groups is 1. The van der Waals surface area contributed by atoms with E-state index >= 15 is 0 Å². The van der Waals surface area contributed by atoms with Gasteiger partial charge in [0.15, 0.2) is 10.9 Å². The maximum absolute atomic E-state index is 12.2. The molecule has 0 aliphatic heterocycles. The molecule has 4 rings (SSSR count). The normalized spacial score (nSPS) is 45.2. The number of aliphatic carboxylic acids is 1. The fourth-order valence-electron chi connectivity index (χ4n) is 7.67. The highest BCUT2D eigenvalue weighted by molar-refractivity contribution is 8.14. The molecule has 4 aliphatic rings. The van der Waals surface area contributed by atoms with Crippen LogP contribution in [-0.4, -0.2) is 37.9 Å². The highest BCUT2D eigenvalue weighted by Gasteiger charge is 2.65. The van der Waals surface area contributed by atoms with Gasteiger partial charge in [-0.1, -0.05) is 31.2 Å². The summed E-state index contributed by atoms with van der Waals surface area (Å²) in [5.41, 5.74) is -0.0514. The van der Waals surface area contributed by atoms with Crippen LogP contribution in [0, 0.1) is 28.6 Å². The summed E-state index contributed by atoms with van der Waals surface area (Å²) in [6.07, 6.45) is 7.76. The topological polar surface area (TPSA) is 91.7 Å². The minimum absolute atomic E-state index is 0.00444. The number of carbonyl (C=O) groups excluding carboxylic acids is 2. The third-order valence-electron chi connectivity index (χ3n) is 9.35. The van der Waals surface area contributed by atoms with Crippen molar-refractivity contribution in [2.75, 3.05) is 0 Å². The number of fused-ring (bicyclic) bond motifs is 5. The zero-order valence-corrected chi connectivity index (χ0v) is 19.1. The number of ketones is 1. The molecule has 2 N–H and O–H groups in total. The Bertz CT molecular complexity index is 805. The number of allylic oxidation sites excluding steroid dienone is 1. The quantitative estimate of drug-likeness (QED) is 0.683. The molecule has 5 nitrogen and oxygen atoms in total. The van der Waals surface area contributed by atoms with Crippen molar-refractivity contribution in [1.82, 2.24) is 0 Å². The fourth-order valence-corrected chi connectivity index (χ4v) is 8.90. The molecule has 7 atom stereocenters. The molecular formula is C24H34O5S. The molecule has 0 aromatic rings. The monoisotopic (exact) mass is 434 g/mol. The Labute approximate surface area is 183 Å². The van der Waals surface area contributed by atoms with Crippen LogP contribution in [0.15, 0.2) is 11.6 Å². The molecular weight excluding hydrogens is 400 g/mol.